The molecule has 4 nitrogen and oxygen atoms in total. The van der Waals surface area contributed by atoms with Gasteiger partial charge in [-0.25, -0.2) is 4.98 Å². The topological polar surface area (TPSA) is 45.2 Å². The van der Waals surface area contributed by atoms with Crippen molar-refractivity contribution in [2.24, 2.45) is 5.92 Å². The molecular formula is C24H27N3O. The molecule has 1 amide bonds. The van der Waals surface area contributed by atoms with Crippen LogP contribution in [0.3, 0.4) is 0 Å². The number of anilines is 1. The molecule has 28 heavy (non-hydrogen) atoms. The Kier molecular flexibility index (Phi) is 5.29. The van der Waals surface area contributed by atoms with Gasteiger partial charge in [0.05, 0.1) is 11.1 Å². The number of nitrogens with zero attached hydrogens (tertiary/aromatic N) is 2. The molecule has 0 radical (unpaired) electrons. The molecule has 1 fully saturated rings. The average molecular weight is 374 g/mol. The van der Waals surface area contributed by atoms with E-state index in [2.05, 4.69) is 36.2 Å². The molecule has 1 saturated heterocycles. The predicted molar refractivity (Wildman–Crippen MR) is 115 cm³/mol. The third kappa shape index (κ3) is 4.01. The van der Waals surface area contributed by atoms with Gasteiger partial charge in [0.15, 0.2) is 0 Å². The van der Waals surface area contributed by atoms with Crippen LogP contribution in [0.2, 0.25) is 0 Å². The number of benzene rings is 2. The third-order valence-electron chi connectivity index (χ3n) is 5.46. The fraction of sp³-hybridized carbons (Fsp3) is 0.333. The van der Waals surface area contributed by atoms with Gasteiger partial charge >= 0.3 is 0 Å². The van der Waals surface area contributed by atoms with Gasteiger partial charge in [-0.15, -0.1) is 0 Å². The van der Waals surface area contributed by atoms with E-state index in [0.29, 0.717) is 18.0 Å². The van der Waals surface area contributed by atoms with Crippen molar-refractivity contribution in [3.05, 3.63) is 71.3 Å². The summed E-state index contributed by atoms with van der Waals surface area (Å²) in [6.45, 7) is 6.86. The second kappa shape index (κ2) is 8.01. The number of rotatable bonds is 4. The highest BCUT2D eigenvalue weighted by molar-refractivity contribution is 6.07. The normalized spacial score (nSPS) is 16.9. The highest BCUT2D eigenvalue weighted by Crippen LogP contribution is 2.26. The summed E-state index contributed by atoms with van der Waals surface area (Å²) in [5.41, 5.74) is 3.88. The van der Waals surface area contributed by atoms with Crippen LogP contribution in [0, 0.1) is 12.8 Å². The predicted octanol–water partition coefficient (Wildman–Crippen LogP) is 4.71. The van der Waals surface area contributed by atoms with E-state index in [-0.39, 0.29) is 5.91 Å². The summed E-state index contributed by atoms with van der Waals surface area (Å²) < 4.78 is 0. The molecule has 0 unspecified atom stereocenters. The molecule has 2 aromatic carbocycles. The maximum Gasteiger partial charge on any atom is 0.252 e. The average Bonchev–Trinajstić information content (AvgIpc) is 2.71. The largest absolute Gasteiger partial charge is 0.356 e. The maximum absolute atomic E-state index is 13.1. The van der Waals surface area contributed by atoms with E-state index >= 15 is 0 Å². The van der Waals surface area contributed by atoms with Gasteiger partial charge < -0.3 is 10.2 Å². The summed E-state index contributed by atoms with van der Waals surface area (Å²) in [6, 6.07) is 18.1. The molecule has 2 heterocycles. The first-order valence-electron chi connectivity index (χ1n) is 10.1. The number of carbonyl (C=O) groups is 1. The SMILES string of the molecule is Cc1cccc(CNC(=O)c2cc(N3CCC[C@H](C)C3)nc3ccccc23)c1. The standard InChI is InChI=1S/C24H27N3O/c1-17-7-5-9-19(13-17)15-25-24(28)21-14-23(27-12-6-8-18(2)16-27)26-22-11-4-3-10-20(21)22/h3-5,7,9-11,13-14,18H,6,8,12,15-16H2,1-2H3,(H,25,28)/t18-/m0/s1. The number of carbonyl (C=O) groups excluding carboxylic acids is 1. The molecule has 0 spiro atoms. The Morgan fingerprint density at radius 3 is 2.86 bits per heavy atom. The molecule has 1 aliphatic rings. The number of para-hydroxylation sites is 1. The first-order chi connectivity index (χ1) is 13.6. The molecule has 4 heteroatoms. The van der Waals surface area contributed by atoms with Crippen molar-refractivity contribution in [2.75, 3.05) is 18.0 Å². The van der Waals surface area contributed by atoms with Crippen molar-refractivity contribution in [1.82, 2.24) is 10.3 Å². The van der Waals surface area contributed by atoms with Gasteiger partial charge in [0.1, 0.15) is 5.82 Å². The van der Waals surface area contributed by atoms with Crippen LogP contribution in [-0.4, -0.2) is 24.0 Å². The number of aryl methyl sites for hydroxylation is 1. The van der Waals surface area contributed by atoms with Gasteiger partial charge in [0.25, 0.3) is 5.91 Å². The highest BCUT2D eigenvalue weighted by Gasteiger charge is 2.20. The molecule has 1 N–H and O–H groups in total. The third-order valence-corrected chi connectivity index (χ3v) is 5.46. The van der Waals surface area contributed by atoms with E-state index in [1.165, 1.54) is 18.4 Å². The Morgan fingerprint density at radius 2 is 2.04 bits per heavy atom. The molecule has 144 valence electrons. The Bertz CT molecular complexity index is 998. The molecule has 0 bridgehead atoms. The summed E-state index contributed by atoms with van der Waals surface area (Å²) in [5, 5.41) is 3.99. The zero-order chi connectivity index (χ0) is 19.5. The summed E-state index contributed by atoms with van der Waals surface area (Å²) in [7, 11) is 0. The Hall–Kier alpha value is -2.88. The molecule has 0 aliphatic carbocycles. The molecule has 1 aromatic heterocycles. The van der Waals surface area contributed by atoms with E-state index < -0.39 is 0 Å². The van der Waals surface area contributed by atoms with Crippen molar-refractivity contribution < 1.29 is 4.79 Å². The Balaban J connectivity index is 1.63. The van der Waals surface area contributed by atoms with Gasteiger partial charge in [0, 0.05) is 25.0 Å². The van der Waals surface area contributed by atoms with Crippen LogP contribution in [0.15, 0.2) is 54.6 Å². The Labute approximate surface area is 166 Å². The smallest absolute Gasteiger partial charge is 0.252 e. The van der Waals surface area contributed by atoms with Gasteiger partial charge in [0.2, 0.25) is 0 Å². The lowest BCUT2D eigenvalue weighted by Crippen LogP contribution is -2.35. The van der Waals surface area contributed by atoms with Gasteiger partial charge in [-0.3, -0.25) is 4.79 Å². The van der Waals surface area contributed by atoms with Crippen molar-refractivity contribution in [3.63, 3.8) is 0 Å². The van der Waals surface area contributed by atoms with Crippen LogP contribution in [0.1, 0.15) is 41.3 Å². The summed E-state index contributed by atoms with van der Waals surface area (Å²) in [4.78, 5) is 20.2. The van der Waals surface area contributed by atoms with E-state index in [1.54, 1.807) is 0 Å². The van der Waals surface area contributed by atoms with Crippen LogP contribution >= 0.6 is 0 Å². The summed E-state index contributed by atoms with van der Waals surface area (Å²) in [6.07, 6.45) is 2.43. The van der Waals surface area contributed by atoms with Crippen LogP contribution < -0.4 is 10.2 Å². The number of amides is 1. The molecular weight excluding hydrogens is 346 g/mol. The van der Waals surface area contributed by atoms with E-state index in [0.717, 1.165) is 35.4 Å². The van der Waals surface area contributed by atoms with Crippen LogP contribution in [0.4, 0.5) is 5.82 Å². The van der Waals surface area contributed by atoms with E-state index in [4.69, 9.17) is 4.98 Å². The highest BCUT2D eigenvalue weighted by atomic mass is 16.1. The first-order valence-corrected chi connectivity index (χ1v) is 10.1. The van der Waals surface area contributed by atoms with E-state index in [1.807, 2.05) is 42.5 Å². The molecule has 1 atom stereocenters. The quantitative estimate of drug-likeness (QED) is 0.720. The monoisotopic (exact) mass is 373 g/mol. The van der Waals surface area contributed by atoms with Crippen molar-refractivity contribution in [3.8, 4) is 0 Å². The van der Waals surface area contributed by atoms with Gasteiger partial charge in [-0.1, -0.05) is 55.0 Å². The van der Waals surface area contributed by atoms with Gasteiger partial charge in [-0.05, 0) is 43.4 Å². The van der Waals surface area contributed by atoms with Crippen LogP contribution in [-0.2, 0) is 6.54 Å². The fourth-order valence-electron chi connectivity index (χ4n) is 4.01. The lowest BCUT2D eigenvalue weighted by Gasteiger charge is -2.32. The lowest BCUT2D eigenvalue weighted by molar-refractivity contribution is 0.0952. The van der Waals surface area contributed by atoms with Crippen molar-refractivity contribution in [2.45, 2.75) is 33.2 Å². The minimum absolute atomic E-state index is 0.0496. The molecule has 3 aromatic rings. The maximum atomic E-state index is 13.1. The number of hydrogen-bond donors (Lipinski definition) is 1. The first kappa shape index (κ1) is 18.5. The van der Waals surface area contributed by atoms with Crippen LogP contribution in [0.5, 0.6) is 0 Å². The van der Waals surface area contributed by atoms with Crippen molar-refractivity contribution in [1.29, 1.82) is 0 Å². The minimum atomic E-state index is -0.0496. The molecule has 0 saturated carbocycles. The summed E-state index contributed by atoms with van der Waals surface area (Å²) in [5.74, 6) is 1.51. The number of aromatic nitrogens is 1. The Morgan fingerprint density at radius 1 is 1.18 bits per heavy atom. The number of piperidine rings is 1. The van der Waals surface area contributed by atoms with Gasteiger partial charge in [-0.2, -0.15) is 0 Å². The lowest BCUT2D eigenvalue weighted by atomic mass is 10.00. The second-order valence-corrected chi connectivity index (χ2v) is 7.91. The fourth-order valence-corrected chi connectivity index (χ4v) is 4.01. The zero-order valence-electron chi connectivity index (χ0n) is 16.6. The van der Waals surface area contributed by atoms with Crippen molar-refractivity contribution >= 4 is 22.6 Å². The number of nitrogens with one attached hydrogen (secondary N) is 1. The molecule has 1 aliphatic heterocycles. The van der Waals surface area contributed by atoms with Crippen LogP contribution in [0.25, 0.3) is 10.9 Å². The minimum Gasteiger partial charge on any atom is -0.356 e. The summed E-state index contributed by atoms with van der Waals surface area (Å²) >= 11 is 0. The zero-order valence-corrected chi connectivity index (χ0v) is 16.6. The molecule has 4 rings (SSSR count). The number of pyridine rings is 1. The number of hydrogen-bond acceptors (Lipinski definition) is 3. The second-order valence-electron chi connectivity index (χ2n) is 7.91. The van der Waals surface area contributed by atoms with E-state index in [9.17, 15) is 4.79 Å². The number of fused-ring (bicyclic) bond motifs is 1.